The number of halogens is 2. The minimum absolute atomic E-state index is 0.135. The van der Waals surface area contributed by atoms with Crippen molar-refractivity contribution in [2.24, 2.45) is 0 Å². The average molecular weight is 358 g/mol. The van der Waals surface area contributed by atoms with E-state index in [4.69, 9.17) is 16.7 Å². The summed E-state index contributed by atoms with van der Waals surface area (Å²) >= 11 is 5.88. The van der Waals surface area contributed by atoms with Crippen molar-refractivity contribution >= 4 is 33.3 Å². The fourth-order valence-electron chi connectivity index (χ4n) is 1.95. The van der Waals surface area contributed by atoms with Crippen LogP contribution in [0.1, 0.15) is 6.42 Å². The molecule has 0 aliphatic rings. The molecule has 0 saturated heterocycles. The Labute approximate surface area is 138 Å². The van der Waals surface area contributed by atoms with E-state index in [0.29, 0.717) is 5.02 Å². The topological polar surface area (TPSA) is 74.7 Å². The van der Waals surface area contributed by atoms with Crippen molar-refractivity contribution in [2.45, 2.75) is 11.3 Å². The maximum absolute atomic E-state index is 13.0. The van der Waals surface area contributed by atoms with Gasteiger partial charge in [-0.15, -0.1) is 0 Å². The number of rotatable bonds is 6. The first kappa shape index (κ1) is 17.2. The van der Waals surface area contributed by atoms with Crippen molar-refractivity contribution < 1.29 is 22.7 Å². The minimum atomic E-state index is -4.04. The number of hydrogen-bond donors (Lipinski definition) is 1. The van der Waals surface area contributed by atoms with Gasteiger partial charge >= 0.3 is 5.97 Å². The maximum atomic E-state index is 13.0. The maximum Gasteiger partial charge on any atom is 0.305 e. The molecule has 0 bridgehead atoms. The van der Waals surface area contributed by atoms with Crippen LogP contribution in [0.3, 0.4) is 0 Å². The lowest BCUT2D eigenvalue weighted by atomic mass is 10.3. The van der Waals surface area contributed by atoms with Gasteiger partial charge in [-0.05, 0) is 42.5 Å². The molecule has 0 spiro atoms. The molecule has 0 aliphatic heterocycles. The van der Waals surface area contributed by atoms with Gasteiger partial charge in [-0.25, -0.2) is 12.8 Å². The van der Waals surface area contributed by atoms with Gasteiger partial charge in [0.1, 0.15) is 5.82 Å². The highest BCUT2D eigenvalue weighted by atomic mass is 35.5. The summed E-state index contributed by atoms with van der Waals surface area (Å²) in [7, 11) is -4.04. The lowest BCUT2D eigenvalue weighted by Crippen LogP contribution is -2.33. The number of anilines is 1. The van der Waals surface area contributed by atoms with Crippen molar-refractivity contribution in [3.8, 4) is 0 Å². The number of aliphatic carboxylic acids is 1. The second-order valence-electron chi connectivity index (χ2n) is 4.65. The summed E-state index contributed by atoms with van der Waals surface area (Å²) in [5.74, 6) is -1.70. The molecule has 0 radical (unpaired) electrons. The van der Waals surface area contributed by atoms with Gasteiger partial charge in [0.25, 0.3) is 10.0 Å². The zero-order valence-electron chi connectivity index (χ0n) is 11.8. The lowest BCUT2D eigenvalue weighted by Gasteiger charge is -2.24. The number of carbonyl (C=O) groups is 1. The fourth-order valence-corrected chi connectivity index (χ4v) is 3.59. The van der Waals surface area contributed by atoms with Crippen molar-refractivity contribution in [3.63, 3.8) is 0 Å². The Hall–Kier alpha value is -2.12. The third-order valence-electron chi connectivity index (χ3n) is 3.03. The summed E-state index contributed by atoms with van der Waals surface area (Å²) in [5.41, 5.74) is 0.239. The van der Waals surface area contributed by atoms with E-state index in [9.17, 15) is 17.6 Å². The van der Waals surface area contributed by atoms with Gasteiger partial charge in [-0.2, -0.15) is 0 Å². The Morgan fingerprint density at radius 2 is 1.83 bits per heavy atom. The second kappa shape index (κ2) is 6.97. The van der Waals surface area contributed by atoms with E-state index < -0.39 is 21.8 Å². The Morgan fingerprint density at radius 1 is 1.17 bits per heavy atom. The molecule has 0 unspecified atom stereocenters. The highest BCUT2D eigenvalue weighted by Gasteiger charge is 2.25. The highest BCUT2D eigenvalue weighted by Crippen LogP contribution is 2.26. The largest absolute Gasteiger partial charge is 0.481 e. The van der Waals surface area contributed by atoms with Gasteiger partial charge in [-0.3, -0.25) is 9.10 Å². The number of carboxylic acids is 1. The first-order valence-electron chi connectivity index (χ1n) is 6.56. The summed E-state index contributed by atoms with van der Waals surface area (Å²) in [4.78, 5) is 10.7. The molecule has 122 valence electrons. The van der Waals surface area contributed by atoms with Crippen molar-refractivity contribution in [1.82, 2.24) is 0 Å². The Kier molecular flexibility index (Phi) is 5.23. The van der Waals surface area contributed by atoms with Crippen LogP contribution in [-0.2, 0) is 14.8 Å². The first-order chi connectivity index (χ1) is 10.8. The zero-order valence-corrected chi connectivity index (χ0v) is 13.4. The molecular formula is C15H13ClFNO4S. The molecule has 8 heteroatoms. The fraction of sp³-hybridized carbons (Fsp3) is 0.133. The average Bonchev–Trinajstić information content (AvgIpc) is 2.47. The molecule has 2 rings (SSSR count). The van der Waals surface area contributed by atoms with Crippen LogP contribution >= 0.6 is 11.6 Å². The number of hydrogen-bond acceptors (Lipinski definition) is 3. The summed E-state index contributed by atoms with van der Waals surface area (Å²) in [6.45, 7) is -0.268. The van der Waals surface area contributed by atoms with Crippen LogP contribution in [0.5, 0.6) is 0 Å². The predicted molar refractivity (Wildman–Crippen MR) is 84.6 cm³/mol. The SMILES string of the molecule is O=C(O)CCN(c1cccc(Cl)c1)S(=O)(=O)c1ccc(F)cc1. The number of sulfonamides is 1. The molecule has 23 heavy (non-hydrogen) atoms. The summed E-state index contributed by atoms with van der Waals surface area (Å²) in [6, 6.07) is 10.4. The quantitative estimate of drug-likeness (QED) is 0.861. The molecule has 0 amide bonds. The molecule has 0 aromatic heterocycles. The second-order valence-corrected chi connectivity index (χ2v) is 6.95. The molecular weight excluding hydrogens is 345 g/mol. The van der Waals surface area contributed by atoms with Gasteiger partial charge < -0.3 is 5.11 Å². The number of benzene rings is 2. The minimum Gasteiger partial charge on any atom is -0.481 e. The van der Waals surface area contributed by atoms with Gasteiger partial charge in [-0.1, -0.05) is 17.7 Å². The Bertz CT molecular complexity index is 808. The lowest BCUT2D eigenvalue weighted by molar-refractivity contribution is -0.136. The molecule has 2 aromatic carbocycles. The molecule has 0 saturated carbocycles. The highest BCUT2D eigenvalue weighted by molar-refractivity contribution is 7.92. The van der Waals surface area contributed by atoms with E-state index in [1.165, 1.54) is 12.1 Å². The third-order valence-corrected chi connectivity index (χ3v) is 5.10. The van der Waals surface area contributed by atoms with Crippen LogP contribution in [0, 0.1) is 5.82 Å². The van der Waals surface area contributed by atoms with E-state index in [-0.39, 0.29) is 23.5 Å². The number of carboxylic acid groups (broad SMARTS) is 1. The molecule has 1 N–H and O–H groups in total. The number of nitrogens with zero attached hydrogens (tertiary/aromatic N) is 1. The normalized spacial score (nSPS) is 11.2. The van der Waals surface area contributed by atoms with E-state index in [2.05, 4.69) is 0 Å². The van der Waals surface area contributed by atoms with Crippen LogP contribution in [0.25, 0.3) is 0 Å². The standard InChI is InChI=1S/C15H13ClFNO4S/c16-11-2-1-3-13(10-11)18(9-8-15(19)20)23(21,22)14-6-4-12(17)5-7-14/h1-7,10H,8-9H2,(H,19,20). The zero-order chi connectivity index (χ0) is 17.0. The Morgan fingerprint density at radius 3 is 2.39 bits per heavy atom. The summed E-state index contributed by atoms with van der Waals surface area (Å²) in [6.07, 6.45) is -0.382. The van der Waals surface area contributed by atoms with Gasteiger partial charge in [0.15, 0.2) is 0 Å². The van der Waals surface area contributed by atoms with Crippen molar-refractivity contribution in [1.29, 1.82) is 0 Å². The molecule has 0 fully saturated rings. The van der Waals surface area contributed by atoms with Gasteiger partial charge in [0.2, 0.25) is 0 Å². The van der Waals surface area contributed by atoms with Crippen molar-refractivity contribution in [3.05, 3.63) is 59.4 Å². The molecule has 0 aliphatic carbocycles. The predicted octanol–water partition coefficient (Wildman–Crippen LogP) is 3.15. The summed E-state index contributed by atoms with van der Waals surface area (Å²) < 4.78 is 39.4. The van der Waals surface area contributed by atoms with Crippen LogP contribution in [0.4, 0.5) is 10.1 Å². The first-order valence-corrected chi connectivity index (χ1v) is 8.38. The molecule has 0 atom stereocenters. The van der Waals surface area contributed by atoms with Gasteiger partial charge in [0, 0.05) is 11.6 Å². The van der Waals surface area contributed by atoms with Crippen LogP contribution in [0.15, 0.2) is 53.4 Å². The Balaban J connectivity index is 2.47. The van der Waals surface area contributed by atoms with Crippen molar-refractivity contribution in [2.75, 3.05) is 10.8 Å². The van der Waals surface area contributed by atoms with E-state index >= 15 is 0 Å². The van der Waals surface area contributed by atoms with Crippen LogP contribution < -0.4 is 4.31 Å². The molecule has 2 aromatic rings. The van der Waals surface area contributed by atoms with Crippen LogP contribution in [0.2, 0.25) is 5.02 Å². The smallest absolute Gasteiger partial charge is 0.305 e. The van der Waals surface area contributed by atoms with E-state index in [1.54, 1.807) is 12.1 Å². The monoisotopic (exact) mass is 357 g/mol. The van der Waals surface area contributed by atoms with E-state index in [1.807, 2.05) is 0 Å². The van der Waals surface area contributed by atoms with Crippen LogP contribution in [-0.4, -0.2) is 26.0 Å². The molecule has 5 nitrogen and oxygen atoms in total. The van der Waals surface area contributed by atoms with Gasteiger partial charge in [0.05, 0.1) is 17.0 Å². The third kappa shape index (κ3) is 4.20. The van der Waals surface area contributed by atoms with E-state index in [0.717, 1.165) is 28.6 Å². The molecule has 0 heterocycles. The summed E-state index contributed by atoms with van der Waals surface area (Å²) in [5, 5.41) is 9.16.